The number of carbonyl (C=O) groups excluding carboxylic acids is 2. The summed E-state index contributed by atoms with van der Waals surface area (Å²) in [5, 5.41) is 2.95. The van der Waals surface area contributed by atoms with Crippen LogP contribution in [0, 0.1) is 0 Å². The van der Waals surface area contributed by atoms with Gasteiger partial charge in [-0.2, -0.15) is 0 Å². The highest BCUT2D eigenvalue weighted by Crippen LogP contribution is 2.21. The molecule has 2 aromatic carbocycles. The number of esters is 1. The van der Waals surface area contributed by atoms with E-state index in [0.29, 0.717) is 17.4 Å². The van der Waals surface area contributed by atoms with Crippen LogP contribution >= 0.6 is 0 Å². The SMILES string of the molecule is CCN(Cc1ccc(C(=O)NC(CC(=O)OC)c2ccc(OC)cc2)cc1)C(C)C. The number of amides is 1. The first-order valence-corrected chi connectivity index (χ1v) is 10.2. The summed E-state index contributed by atoms with van der Waals surface area (Å²) < 4.78 is 9.98. The van der Waals surface area contributed by atoms with Crippen molar-refractivity contribution in [2.24, 2.45) is 0 Å². The van der Waals surface area contributed by atoms with Gasteiger partial charge in [-0.3, -0.25) is 14.5 Å². The van der Waals surface area contributed by atoms with Gasteiger partial charge >= 0.3 is 5.97 Å². The number of methoxy groups -OCH3 is 2. The van der Waals surface area contributed by atoms with Gasteiger partial charge in [0.05, 0.1) is 26.7 Å². The van der Waals surface area contributed by atoms with Crippen LogP contribution in [0.15, 0.2) is 48.5 Å². The first-order valence-electron chi connectivity index (χ1n) is 10.2. The Morgan fingerprint density at radius 1 is 1.00 bits per heavy atom. The van der Waals surface area contributed by atoms with Crippen LogP contribution in [0.4, 0.5) is 0 Å². The van der Waals surface area contributed by atoms with Gasteiger partial charge in [0.15, 0.2) is 0 Å². The third-order valence-electron chi connectivity index (χ3n) is 5.16. The average molecular weight is 413 g/mol. The second-order valence-electron chi connectivity index (χ2n) is 7.43. The highest BCUT2D eigenvalue weighted by molar-refractivity contribution is 5.94. The summed E-state index contributed by atoms with van der Waals surface area (Å²) >= 11 is 0. The molecular formula is C24H32N2O4. The van der Waals surface area contributed by atoms with E-state index >= 15 is 0 Å². The quantitative estimate of drug-likeness (QED) is 0.598. The Balaban J connectivity index is 2.12. The van der Waals surface area contributed by atoms with Crippen molar-refractivity contribution < 1.29 is 19.1 Å². The molecule has 1 N–H and O–H groups in total. The smallest absolute Gasteiger partial charge is 0.307 e. The summed E-state index contributed by atoms with van der Waals surface area (Å²) in [7, 11) is 2.93. The van der Waals surface area contributed by atoms with Gasteiger partial charge in [-0.25, -0.2) is 0 Å². The van der Waals surface area contributed by atoms with Crippen LogP contribution < -0.4 is 10.1 Å². The standard InChI is InChI=1S/C24H32N2O4/c1-6-26(17(2)3)16-18-7-9-20(10-8-18)24(28)25-22(15-23(27)30-5)19-11-13-21(29-4)14-12-19/h7-14,17,22H,6,15-16H2,1-5H3,(H,25,28). The Morgan fingerprint density at radius 3 is 2.13 bits per heavy atom. The number of hydrogen-bond donors (Lipinski definition) is 1. The van der Waals surface area contributed by atoms with Crippen LogP contribution in [-0.4, -0.2) is 43.6 Å². The van der Waals surface area contributed by atoms with Crippen molar-refractivity contribution in [3.63, 3.8) is 0 Å². The molecular weight excluding hydrogens is 380 g/mol. The third kappa shape index (κ3) is 6.59. The summed E-state index contributed by atoms with van der Waals surface area (Å²) in [6.45, 7) is 8.30. The van der Waals surface area contributed by atoms with Crippen LogP contribution in [0.1, 0.15) is 54.7 Å². The molecule has 2 aromatic rings. The van der Waals surface area contributed by atoms with Crippen LogP contribution in [0.2, 0.25) is 0 Å². The molecule has 0 aliphatic carbocycles. The van der Waals surface area contributed by atoms with Gasteiger partial charge in [-0.15, -0.1) is 0 Å². The predicted octanol–water partition coefficient (Wildman–Crippen LogP) is 3.96. The lowest BCUT2D eigenvalue weighted by atomic mass is 10.0. The van der Waals surface area contributed by atoms with Crippen LogP contribution in [0.5, 0.6) is 5.75 Å². The fraction of sp³-hybridized carbons (Fsp3) is 0.417. The van der Waals surface area contributed by atoms with Gasteiger partial charge in [0.2, 0.25) is 0 Å². The highest BCUT2D eigenvalue weighted by Gasteiger charge is 2.20. The lowest BCUT2D eigenvalue weighted by molar-refractivity contribution is -0.141. The zero-order valence-electron chi connectivity index (χ0n) is 18.5. The molecule has 0 aromatic heterocycles. The maximum atomic E-state index is 12.8. The minimum Gasteiger partial charge on any atom is -0.497 e. The lowest BCUT2D eigenvalue weighted by Gasteiger charge is -2.24. The van der Waals surface area contributed by atoms with Gasteiger partial charge in [-0.05, 0) is 55.8 Å². The van der Waals surface area contributed by atoms with Crippen molar-refractivity contribution in [3.8, 4) is 5.75 Å². The largest absolute Gasteiger partial charge is 0.497 e. The van der Waals surface area contributed by atoms with Gasteiger partial charge in [-0.1, -0.05) is 31.2 Å². The van der Waals surface area contributed by atoms with E-state index in [1.54, 1.807) is 19.2 Å². The molecule has 30 heavy (non-hydrogen) atoms. The fourth-order valence-corrected chi connectivity index (χ4v) is 3.24. The molecule has 1 unspecified atom stereocenters. The van der Waals surface area contributed by atoms with E-state index in [4.69, 9.17) is 9.47 Å². The monoisotopic (exact) mass is 412 g/mol. The van der Waals surface area contributed by atoms with Crippen molar-refractivity contribution in [2.75, 3.05) is 20.8 Å². The van der Waals surface area contributed by atoms with E-state index < -0.39 is 6.04 Å². The van der Waals surface area contributed by atoms with Gasteiger partial charge in [0, 0.05) is 18.2 Å². The number of carbonyl (C=O) groups is 2. The Hall–Kier alpha value is -2.86. The summed E-state index contributed by atoms with van der Waals surface area (Å²) in [5.41, 5.74) is 2.51. The van der Waals surface area contributed by atoms with Crippen molar-refractivity contribution in [1.29, 1.82) is 0 Å². The Kier molecular flexibility index (Phi) is 8.87. The first-order chi connectivity index (χ1) is 14.4. The zero-order chi connectivity index (χ0) is 22.1. The maximum absolute atomic E-state index is 12.8. The van der Waals surface area contributed by atoms with Crippen molar-refractivity contribution in [3.05, 3.63) is 65.2 Å². The summed E-state index contributed by atoms with van der Waals surface area (Å²) in [4.78, 5) is 27.0. The zero-order valence-corrected chi connectivity index (χ0v) is 18.5. The Bertz CT molecular complexity index is 816. The second kappa shape index (κ2) is 11.4. The summed E-state index contributed by atoms with van der Waals surface area (Å²) in [6.07, 6.45) is 0.0481. The van der Waals surface area contributed by atoms with Gasteiger partial charge in [0.25, 0.3) is 5.91 Å². The molecule has 0 aliphatic rings. The average Bonchev–Trinajstić information content (AvgIpc) is 2.77. The lowest BCUT2D eigenvalue weighted by Crippen LogP contribution is -2.31. The minimum absolute atomic E-state index is 0.0481. The molecule has 0 radical (unpaired) electrons. The molecule has 1 atom stereocenters. The number of benzene rings is 2. The predicted molar refractivity (Wildman–Crippen MR) is 117 cm³/mol. The molecule has 0 bridgehead atoms. The summed E-state index contributed by atoms with van der Waals surface area (Å²) in [6, 6.07) is 14.8. The maximum Gasteiger partial charge on any atom is 0.307 e. The first kappa shape index (κ1) is 23.4. The molecule has 0 aliphatic heterocycles. The highest BCUT2D eigenvalue weighted by atomic mass is 16.5. The minimum atomic E-state index is -0.493. The van der Waals surface area contributed by atoms with Crippen molar-refractivity contribution >= 4 is 11.9 Å². The van der Waals surface area contributed by atoms with Gasteiger partial charge in [0.1, 0.15) is 5.75 Å². The molecule has 0 saturated carbocycles. The van der Waals surface area contributed by atoms with E-state index in [1.165, 1.54) is 7.11 Å². The number of nitrogens with one attached hydrogen (secondary N) is 1. The molecule has 0 heterocycles. The van der Waals surface area contributed by atoms with E-state index in [9.17, 15) is 9.59 Å². The molecule has 0 saturated heterocycles. The topological polar surface area (TPSA) is 67.9 Å². The molecule has 0 spiro atoms. The Morgan fingerprint density at radius 2 is 1.63 bits per heavy atom. The van der Waals surface area contributed by atoms with Crippen LogP contribution in [0.25, 0.3) is 0 Å². The van der Waals surface area contributed by atoms with E-state index in [0.717, 1.165) is 24.2 Å². The second-order valence-corrected chi connectivity index (χ2v) is 7.43. The number of nitrogens with zero attached hydrogens (tertiary/aromatic N) is 1. The van der Waals surface area contributed by atoms with Gasteiger partial charge < -0.3 is 14.8 Å². The Labute approximate surface area is 179 Å². The molecule has 6 heteroatoms. The van der Waals surface area contributed by atoms with Crippen molar-refractivity contribution in [2.45, 2.75) is 45.8 Å². The number of rotatable bonds is 10. The molecule has 0 fully saturated rings. The summed E-state index contributed by atoms with van der Waals surface area (Å²) in [5.74, 6) is 0.0855. The fourth-order valence-electron chi connectivity index (χ4n) is 3.24. The van der Waals surface area contributed by atoms with E-state index in [2.05, 4.69) is 31.0 Å². The normalized spacial score (nSPS) is 12.0. The number of ether oxygens (including phenoxy) is 2. The van der Waals surface area contributed by atoms with E-state index in [-0.39, 0.29) is 18.3 Å². The van der Waals surface area contributed by atoms with E-state index in [1.807, 2.05) is 36.4 Å². The van der Waals surface area contributed by atoms with Crippen molar-refractivity contribution in [1.82, 2.24) is 10.2 Å². The van der Waals surface area contributed by atoms with Crippen LogP contribution in [-0.2, 0) is 16.1 Å². The molecule has 1 amide bonds. The molecule has 2 rings (SSSR count). The van der Waals surface area contributed by atoms with Crippen LogP contribution in [0.3, 0.4) is 0 Å². The number of hydrogen-bond acceptors (Lipinski definition) is 5. The molecule has 6 nitrogen and oxygen atoms in total. The third-order valence-corrected chi connectivity index (χ3v) is 5.16. The molecule has 162 valence electrons.